The monoisotopic (exact) mass is 285 g/mol. The average Bonchev–Trinajstić information content (AvgIpc) is 2.77. The third-order valence-electron chi connectivity index (χ3n) is 3.78. The van der Waals surface area contributed by atoms with Crippen molar-refractivity contribution in [1.82, 2.24) is 0 Å². The number of para-hydroxylation sites is 1. The summed E-state index contributed by atoms with van der Waals surface area (Å²) in [6.07, 6.45) is 1.27. The number of rotatable bonds is 2. The number of halogens is 1. The highest BCUT2D eigenvalue weighted by molar-refractivity contribution is 6.31. The Morgan fingerprint density at radius 1 is 1.20 bits per heavy atom. The van der Waals surface area contributed by atoms with Crippen molar-refractivity contribution in [2.75, 3.05) is 4.90 Å². The van der Waals surface area contributed by atoms with E-state index in [2.05, 4.69) is 13.0 Å². The van der Waals surface area contributed by atoms with E-state index in [0.29, 0.717) is 11.4 Å². The molecule has 3 rings (SSSR count). The molecule has 2 nitrogen and oxygen atoms in total. The Balaban J connectivity index is 1.86. The van der Waals surface area contributed by atoms with Crippen LogP contribution in [0.15, 0.2) is 48.5 Å². The molecule has 1 atom stereocenters. The standard InChI is InChI=1S/C17H16ClNO/c1-12-10-14-7-3-5-9-16(14)19(12)17(20)11-13-6-2-4-8-15(13)18/h2-9,12H,10-11H2,1H3. The third kappa shape index (κ3) is 2.32. The fraction of sp³-hybridized carbons (Fsp3) is 0.235. The zero-order chi connectivity index (χ0) is 14.1. The molecule has 0 saturated carbocycles. The molecule has 0 spiro atoms. The Kier molecular flexibility index (Phi) is 3.49. The van der Waals surface area contributed by atoms with E-state index in [1.54, 1.807) is 0 Å². The molecule has 1 amide bonds. The van der Waals surface area contributed by atoms with Gasteiger partial charge in [0.2, 0.25) is 5.91 Å². The van der Waals surface area contributed by atoms with Gasteiger partial charge in [0, 0.05) is 16.8 Å². The molecule has 102 valence electrons. The van der Waals surface area contributed by atoms with Gasteiger partial charge in [-0.3, -0.25) is 4.79 Å². The van der Waals surface area contributed by atoms with Crippen molar-refractivity contribution in [3.63, 3.8) is 0 Å². The first-order valence-electron chi connectivity index (χ1n) is 6.80. The lowest BCUT2D eigenvalue weighted by atomic mass is 10.1. The minimum Gasteiger partial charge on any atom is -0.309 e. The van der Waals surface area contributed by atoms with E-state index in [-0.39, 0.29) is 11.9 Å². The third-order valence-corrected chi connectivity index (χ3v) is 4.14. The molecule has 1 aliphatic rings. The first-order chi connectivity index (χ1) is 9.66. The molecule has 1 aliphatic heterocycles. The van der Waals surface area contributed by atoms with Gasteiger partial charge in [-0.05, 0) is 36.6 Å². The number of hydrogen-bond acceptors (Lipinski definition) is 1. The fourth-order valence-corrected chi connectivity index (χ4v) is 3.04. The molecule has 2 aromatic rings. The van der Waals surface area contributed by atoms with E-state index < -0.39 is 0 Å². The highest BCUT2D eigenvalue weighted by Crippen LogP contribution is 2.32. The van der Waals surface area contributed by atoms with Crippen LogP contribution >= 0.6 is 11.6 Å². The smallest absolute Gasteiger partial charge is 0.231 e. The normalized spacial score (nSPS) is 17.1. The summed E-state index contributed by atoms with van der Waals surface area (Å²) < 4.78 is 0. The van der Waals surface area contributed by atoms with Crippen molar-refractivity contribution >= 4 is 23.2 Å². The minimum absolute atomic E-state index is 0.107. The van der Waals surface area contributed by atoms with Gasteiger partial charge in [0.15, 0.2) is 0 Å². The Morgan fingerprint density at radius 3 is 2.70 bits per heavy atom. The summed E-state index contributed by atoms with van der Waals surface area (Å²) in [6, 6.07) is 15.8. The van der Waals surface area contributed by atoms with Crippen LogP contribution in [-0.4, -0.2) is 11.9 Å². The summed E-state index contributed by atoms with van der Waals surface area (Å²) in [5.41, 5.74) is 3.17. The van der Waals surface area contributed by atoms with Gasteiger partial charge in [-0.25, -0.2) is 0 Å². The summed E-state index contributed by atoms with van der Waals surface area (Å²) in [4.78, 5) is 14.5. The molecule has 0 radical (unpaired) electrons. The molecule has 1 unspecified atom stereocenters. The van der Waals surface area contributed by atoms with Crippen LogP contribution in [0.3, 0.4) is 0 Å². The van der Waals surface area contributed by atoms with E-state index >= 15 is 0 Å². The predicted octanol–water partition coefficient (Wildman–Crippen LogP) is 3.86. The molecule has 20 heavy (non-hydrogen) atoms. The van der Waals surface area contributed by atoms with Crippen molar-refractivity contribution in [1.29, 1.82) is 0 Å². The number of anilines is 1. The fourth-order valence-electron chi connectivity index (χ4n) is 2.84. The Bertz CT molecular complexity index is 653. The van der Waals surface area contributed by atoms with Crippen molar-refractivity contribution in [3.8, 4) is 0 Å². The second-order valence-corrected chi connectivity index (χ2v) is 5.62. The highest BCUT2D eigenvalue weighted by Gasteiger charge is 2.30. The zero-order valence-electron chi connectivity index (χ0n) is 11.3. The summed E-state index contributed by atoms with van der Waals surface area (Å²) >= 11 is 6.14. The quantitative estimate of drug-likeness (QED) is 0.820. The molecular weight excluding hydrogens is 270 g/mol. The Morgan fingerprint density at radius 2 is 1.90 bits per heavy atom. The molecule has 1 heterocycles. The maximum atomic E-state index is 12.6. The van der Waals surface area contributed by atoms with E-state index in [1.165, 1.54) is 5.56 Å². The van der Waals surface area contributed by atoms with Gasteiger partial charge >= 0.3 is 0 Å². The van der Waals surface area contributed by atoms with Crippen LogP contribution in [0.25, 0.3) is 0 Å². The topological polar surface area (TPSA) is 20.3 Å². The maximum absolute atomic E-state index is 12.6. The van der Waals surface area contributed by atoms with Crippen molar-refractivity contribution in [2.24, 2.45) is 0 Å². The second-order valence-electron chi connectivity index (χ2n) is 5.21. The van der Waals surface area contributed by atoms with Crippen LogP contribution < -0.4 is 4.90 Å². The molecule has 0 N–H and O–H groups in total. The summed E-state index contributed by atoms with van der Waals surface area (Å²) in [5.74, 6) is 0.107. The molecule has 3 heteroatoms. The largest absolute Gasteiger partial charge is 0.309 e. The Labute approximate surface area is 124 Å². The molecule has 0 saturated heterocycles. The van der Waals surface area contributed by atoms with Gasteiger partial charge in [-0.1, -0.05) is 48.0 Å². The summed E-state index contributed by atoms with van der Waals surface area (Å²) in [6.45, 7) is 2.09. The predicted molar refractivity (Wildman–Crippen MR) is 82.3 cm³/mol. The second kappa shape index (κ2) is 5.29. The van der Waals surface area contributed by atoms with E-state index in [0.717, 1.165) is 17.7 Å². The first kappa shape index (κ1) is 13.2. The first-order valence-corrected chi connectivity index (χ1v) is 7.18. The van der Waals surface area contributed by atoms with Crippen molar-refractivity contribution in [3.05, 3.63) is 64.7 Å². The number of fused-ring (bicyclic) bond motifs is 1. The number of benzene rings is 2. The van der Waals surface area contributed by atoms with Crippen LogP contribution in [0.2, 0.25) is 5.02 Å². The molecule has 0 aliphatic carbocycles. The minimum atomic E-state index is 0.107. The van der Waals surface area contributed by atoms with Gasteiger partial charge in [-0.2, -0.15) is 0 Å². The van der Waals surface area contributed by atoms with Gasteiger partial charge in [0.25, 0.3) is 0 Å². The van der Waals surface area contributed by atoms with Crippen LogP contribution in [-0.2, 0) is 17.6 Å². The van der Waals surface area contributed by atoms with Crippen LogP contribution in [0.5, 0.6) is 0 Å². The van der Waals surface area contributed by atoms with Crippen molar-refractivity contribution < 1.29 is 4.79 Å². The van der Waals surface area contributed by atoms with Gasteiger partial charge < -0.3 is 4.90 Å². The molecule has 0 bridgehead atoms. The zero-order valence-corrected chi connectivity index (χ0v) is 12.1. The lowest BCUT2D eigenvalue weighted by Gasteiger charge is -2.23. The highest BCUT2D eigenvalue weighted by atomic mass is 35.5. The van der Waals surface area contributed by atoms with Crippen molar-refractivity contribution in [2.45, 2.75) is 25.8 Å². The molecule has 0 fully saturated rings. The molecule has 2 aromatic carbocycles. The van der Waals surface area contributed by atoms with E-state index in [9.17, 15) is 4.79 Å². The number of carbonyl (C=O) groups is 1. The van der Waals surface area contributed by atoms with E-state index in [1.807, 2.05) is 47.4 Å². The van der Waals surface area contributed by atoms with E-state index in [4.69, 9.17) is 11.6 Å². The van der Waals surface area contributed by atoms with Gasteiger partial charge in [-0.15, -0.1) is 0 Å². The number of hydrogen-bond donors (Lipinski definition) is 0. The van der Waals surface area contributed by atoms with Crippen LogP contribution in [0, 0.1) is 0 Å². The molecular formula is C17H16ClNO. The number of nitrogens with zero attached hydrogens (tertiary/aromatic N) is 1. The van der Waals surface area contributed by atoms with Crippen LogP contribution in [0.1, 0.15) is 18.1 Å². The number of amides is 1. The number of carbonyl (C=O) groups excluding carboxylic acids is 1. The molecule has 0 aromatic heterocycles. The average molecular weight is 286 g/mol. The summed E-state index contributed by atoms with van der Waals surface area (Å²) in [7, 11) is 0. The Hall–Kier alpha value is -1.80. The lowest BCUT2D eigenvalue weighted by Crippen LogP contribution is -2.36. The summed E-state index contributed by atoms with van der Waals surface area (Å²) in [5, 5.41) is 0.654. The lowest BCUT2D eigenvalue weighted by molar-refractivity contribution is -0.118. The van der Waals surface area contributed by atoms with Crippen LogP contribution in [0.4, 0.5) is 5.69 Å². The maximum Gasteiger partial charge on any atom is 0.231 e. The van der Waals surface area contributed by atoms with Gasteiger partial charge in [0.05, 0.1) is 6.42 Å². The SMILES string of the molecule is CC1Cc2ccccc2N1C(=O)Cc1ccccc1Cl. The van der Waals surface area contributed by atoms with Gasteiger partial charge in [0.1, 0.15) is 0 Å².